The molecule has 0 saturated carbocycles. The van der Waals surface area contributed by atoms with Gasteiger partial charge in [0.25, 0.3) is 0 Å². The lowest BCUT2D eigenvalue weighted by Crippen LogP contribution is -2.42. The van der Waals surface area contributed by atoms with Crippen LogP contribution in [0.3, 0.4) is 0 Å². The van der Waals surface area contributed by atoms with Crippen LogP contribution >= 0.6 is 0 Å². The topological polar surface area (TPSA) is 374 Å². The molecule has 0 saturated heterocycles. The number of carboxylic acids is 4. The molecule has 0 radical (unpaired) electrons. The quantitative estimate of drug-likeness (QED) is 0.0395. The Balaban J connectivity index is 4.04. The highest BCUT2D eigenvalue weighted by Crippen LogP contribution is 2.15. The molecular formula is C50H84N4O20. The van der Waals surface area contributed by atoms with Crippen LogP contribution in [0, 0.1) is 11.8 Å². The van der Waals surface area contributed by atoms with Crippen LogP contribution in [-0.4, -0.2) is 175 Å². The molecule has 0 bridgehead atoms. The minimum absolute atomic E-state index is 0.00587. The van der Waals surface area contributed by atoms with Crippen molar-refractivity contribution in [3.05, 3.63) is 0 Å². The SMILES string of the molecule is CC[C@@H](CCCCNC(=O)CC[C@H](NC(=O)CC[C@H](CC(=O)COCCOCCNC(=O)COCCOCCCC(=O)CC[C@H](NC(=O)CCCCCCCCCCC(=O)O)C(=O)O)C(=O)O)C(=O)O)C(=O)CO. The number of aliphatic hydroxyl groups is 1. The first kappa shape index (κ1) is 68.6. The first-order valence-corrected chi connectivity index (χ1v) is 25.9. The Labute approximate surface area is 433 Å². The first-order chi connectivity index (χ1) is 35.4. The molecule has 74 heavy (non-hydrogen) atoms. The molecule has 0 unspecified atom stereocenters. The Morgan fingerprint density at radius 2 is 0.946 bits per heavy atom. The van der Waals surface area contributed by atoms with Gasteiger partial charge >= 0.3 is 23.9 Å². The fourth-order valence-electron chi connectivity index (χ4n) is 7.36. The van der Waals surface area contributed by atoms with Crippen molar-refractivity contribution in [3.8, 4) is 0 Å². The van der Waals surface area contributed by atoms with Gasteiger partial charge in [0, 0.05) is 70.6 Å². The highest BCUT2D eigenvalue weighted by Gasteiger charge is 2.26. The van der Waals surface area contributed by atoms with E-state index in [-0.39, 0.29) is 134 Å². The molecule has 0 aliphatic carbocycles. The largest absolute Gasteiger partial charge is 0.481 e. The average Bonchev–Trinajstić information content (AvgIpc) is 3.35. The lowest BCUT2D eigenvalue weighted by Gasteiger charge is -2.16. The zero-order valence-corrected chi connectivity index (χ0v) is 43.2. The van der Waals surface area contributed by atoms with Gasteiger partial charge in [0.2, 0.25) is 23.6 Å². The summed E-state index contributed by atoms with van der Waals surface area (Å²) in [6, 6.07) is -2.56. The molecule has 0 rings (SSSR count). The van der Waals surface area contributed by atoms with Gasteiger partial charge in [0.1, 0.15) is 37.7 Å². The molecule has 0 heterocycles. The molecule has 424 valence electrons. The number of aliphatic hydroxyl groups excluding tert-OH is 1. The maximum absolute atomic E-state index is 12.5. The van der Waals surface area contributed by atoms with Crippen LogP contribution in [0.2, 0.25) is 0 Å². The van der Waals surface area contributed by atoms with Crippen LogP contribution in [0.4, 0.5) is 0 Å². The maximum Gasteiger partial charge on any atom is 0.326 e. The van der Waals surface area contributed by atoms with Crippen LogP contribution in [-0.2, 0) is 71.7 Å². The molecule has 4 atom stereocenters. The number of hydrogen-bond acceptors (Lipinski definition) is 16. The van der Waals surface area contributed by atoms with Crippen LogP contribution < -0.4 is 21.3 Å². The number of hydrogen-bond donors (Lipinski definition) is 9. The van der Waals surface area contributed by atoms with E-state index >= 15 is 0 Å². The van der Waals surface area contributed by atoms with Crippen molar-refractivity contribution in [2.75, 3.05) is 72.6 Å². The molecule has 9 N–H and O–H groups in total. The van der Waals surface area contributed by atoms with E-state index < -0.39 is 85.0 Å². The summed E-state index contributed by atoms with van der Waals surface area (Å²) in [4.78, 5) is 131. The highest BCUT2D eigenvalue weighted by atomic mass is 16.5. The monoisotopic (exact) mass is 1060 g/mol. The van der Waals surface area contributed by atoms with E-state index in [1.807, 2.05) is 6.92 Å². The number of Topliss-reactive ketones (excluding diaryl/α,β-unsaturated/α-hetero) is 3. The van der Waals surface area contributed by atoms with E-state index in [1.165, 1.54) is 0 Å². The van der Waals surface area contributed by atoms with Gasteiger partial charge in [0.05, 0.1) is 39.0 Å². The van der Waals surface area contributed by atoms with Crippen LogP contribution in [0.15, 0.2) is 0 Å². The number of carbonyl (C=O) groups excluding carboxylic acids is 7. The molecule has 0 aromatic carbocycles. The fourth-order valence-corrected chi connectivity index (χ4v) is 7.36. The number of aliphatic carboxylic acids is 4. The molecule has 0 fully saturated rings. The maximum atomic E-state index is 12.5. The van der Waals surface area contributed by atoms with Crippen molar-refractivity contribution in [1.29, 1.82) is 0 Å². The number of ether oxygens (including phenoxy) is 4. The van der Waals surface area contributed by atoms with Crippen molar-refractivity contribution in [1.82, 2.24) is 21.3 Å². The van der Waals surface area contributed by atoms with E-state index in [1.54, 1.807) is 0 Å². The third kappa shape index (κ3) is 40.0. The minimum atomic E-state index is -1.40. The lowest BCUT2D eigenvalue weighted by molar-refractivity contribution is -0.145. The predicted octanol–water partition coefficient (Wildman–Crippen LogP) is 2.52. The molecule has 0 aliphatic heterocycles. The molecule has 0 aromatic heterocycles. The lowest BCUT2D eigenvalue weighted by atomic mass is 9.95. The zero-order valence-electron chi connectivity index (χ0n) is 43.2. The van der Waals surface area contributed by atoms with Crippen LogP contribution in [0.1, 0.15) is 155 Å². The van der Waals surface area contributed by atoms with Gasteiger partial charge < -0.3 is 65.7 Å². The van der Waals surface area contributed by atoms with Crippen molar-refractivity contribution in [2.24, 2.45) is 11.8 Å². The molecule has 4 amide bonds. The Kier molecular flexibility index (Phi) is 41.7. The van der Waals surface area contributed by atoms with Gasteiger partial charge in [-0.3, -0.25) is 43.2 Å². The Morgan fingerprint density at radius 1 is 0.419 bits per heavy atom. The number of unbranched alkanes of at least 4 members (excludes halogenated alkanes) is 8. The third-order valence-electron chi connectivity index (χ3n) is 11.7. The van der Waals surface area contributed by atoms with Gasteiger partial charge in [0.15, 0.2) is 11.6 Å². The van der Waals surface area contributed by atoms with Crippen molar-refractivity contribution in [2.45, 2.75) is 167 Å². The van der Waals surface area contributed by atoms with Gasteiger partial charge in [-0.05, 0) is 57.8 Å². The smallest absolute Gasteiger partial charge is 0.326 e. The van der Waals surface area contributed by atoms with Gasteiger partial charge in [-0.1, -0.05) is 51.9 Å². The standard InChI is InChI=1S/C50H84N4O20/c1-2-36(42(58)33-55)14-11-12-24-51-43(59)23-21-41(50(69)70)54-45(61)22-18-37(48(65)66)32-39(57)34-73-30-29-72-27-25-52-46(62)35-74-31-28-71-26-13-15-38(56)19-20-40(49(67)68)53-44(60)16-9-7-5-3-4-6-8-10-17-47(63)64/h36-37,40-41,55H,2-35H2,1H3,(H,51,59)(H,52,62)(H,53,60)(H,54,61)(H,63,64)(H,65,66)(H,67,68)(H,69,70)/t36-,37+,40-,41-/m0/s1. The Hall–Kier alpha value is -5.43. The number of ketones is 3. The molecule has 0 aliphatic rings. The van der Waals surface area contributed by atoms with E-state index in [2.05, 4.69) is 21.3 Å². The molecular weight excluding hydrogens is 977 g/mol. The average molecular weight is 1060 g/mol. The van der Waals surface area contributed by atoms with E-state index in [9.17, 15) is 68.1 Å². The number of amides is 4. The van der Waals surface area contributed by atoms with Crippen molar-refractivity contribution >= 4 is 64.9 Å². The number of carboxylic acid groups (broad SMARTS) is 4. The Bertz CT molecular complexity index is 1700. The van der Waals surface area contributed by atoms with E-state index in [0.717, 1.165) is 38.5 Å². The summed E-state index contributed by atoms with van der Waals surface area (Å²) >= 11 is 0. The Morgan fingerprint density at radius 3 is 1.53 bits per heavy atom. The summed E-state index contributed by atoms with van der Waals surface area (Å²) in [5, 5.41) is 56.3. The number of nitrogens with one attached hydrogen (secondary N) is 4. The predicted molar refractivity (Wildman–Crippen MR) is 265 cm³/mol. The summed E-state index contributed by atoms with van der Waals surface area (Å²) in [5.74, 6) is -9.05. The summed E-state index contributed by atoms with van der Waals surface area (Å²) in [6.45, 7) is 1.87. The molecule has 24 heteroatoms. The number of carbonyl (C=O) groups is 11. The summed E-state index contributed by atoms with van der Waals surface area (Å²) in [7, 11) is 0. The number of rotatable bonds is 52. The second-order valence-corrected chi connectivity index (χ2v) is 17.9. The second-order valence-electron chi connectivity index (χ2n) is 17.9. The fraction of sp³-hybridized carbons (Fsp3) is 0.780. The van der Waals surface area contributed by atoms with Crippen molar-refractivity contribution < 1.29 is 97.2 Å². The third-order valence-corrected chi connectivity index (χ3v) is 11.7. The van der Waals surface area contributed by atoms with E-state index in [0.29, 0.717) is 51.5 Å². The summed E-state index contributed by atoms with van der Waals surface area (Å²) in [5.41, 5.74) is 0. The van der Waals surface area contributed by atoms with Gasteiger partial charge in [-0.15, -0.1) is 0 Å². The normalized spacial score (nSPS) is 12.7. The molecule has 24 nitrogen and oxygen atoms in total. The van der Waals surface area contributed by atoms with Crippen LogP contribution in [0.5, 0.6) is 0 Å². The first-order valence-electron chi connectivity index (χ1n) is 25.9. The summed E-state index contributed by atoms with van der Waals surface area (Å²) in [6.07, 6.45) is 8.76. The highest BCUT2D eigenvalue weighted by molar-refractivity contribution is 5.87. The molecule has 0 aromatic rings. The molecule has 0 spiro atoms. The van der Waals surface area contributed by atoms with Crippen LogP contribution in [0.25, 0.3) is 0 Å². The summed E-state index contributed by atoms with van der Waals surface area (Å²) < 4.78 is 21.3. The zero-order chi connectivity index (χ0) is 55.4. The van der Waals surface area contributed by atoms with E-state index in [4.69, 9.17) is 29.2 Å². The van der Waals surface area contributed by atoms with Gasteiger partial charge in [-0.2, -0.15) is 0 Å². The van der Waals surface area contributed by atoms with Crippen molar-refractivity contribution in [3.63, 3.8) is 0 Å². The van der Waals surface area contributed by atoms with Gasteiger partial charge in [-0.25, -0.2) is 9.59 Å². The minimum Gasteiger partial charge on any atom is -0.481 e. The second kappa shape index (κ2) is 45.0.